The summed E-state index contributed by atoms with van der Waals surface area (Å²) in [7, 11) is 0. The van der Waals surface area contributed by atoms with E-state index in [9.17, 15) is 19.2 Å². The minimum absolute atomic E-state index is 0.158. The number of esters is 1. The molecule has 1 aromatic heterocycles. The van der Waals surface area contributed by atoms with Crippen LogP contribution in [0.15, 0.2) is 72.2 Å². The van der Waals surface area contributed by atoms with E-state index < -0.39 is 35.8 Å². The molecule has 7 nitrogen and oxygen atoms in total. The Balaban J connectivity index is 1.44. The highest BCUT2D eigenvalue weighted by Gasteiger charge is 2.64. The summed E-state index contributed by atoms with van der Waals surface area (Å²) in [6, 6.07) is 16.4. The van der Waals surface area contributed by atoms with Crippen LogP contribution >= 0.6 is 11.3 Å². The molecule has 6 rings (SSSR count). The standard InChI is InChI=1S/C27H20N2O5S/c1-15(30)34-18-10-8-17(9-11-18)29-26(32)21-22(27(29)33)24(25(31)20-7-4-14-35-20)28-13-12-16-5-2-3-6-19(16)23(21)28/h2-14,21-24H,1H3/t21-,22+,23-,24-/m0/s1. The second-order valence-electron chi connectivity index (χ2n) is 8.77. The van der Waals surface area contributed by atoms with Crippen LogP contribution in [0.2, 0.25) is 0 Å². The summed E-state index contributed by atoms with van der Waals surface area (Å²) in [6.07, 6.45) is 3.78. The van der Waals surface area contributed by atoms with Gasteiger partial charge in [0.15, 0.2) is 5.78 Å². The highest BCUT2D eigenvalue weighted by molar-refractivity contribution is 7.12. The van der Waals surface area contributed by atoms with E-state index >= 15 is 0 Å². The Morgan fingerprint density at radius 2 is 1.66 bits per heavy atom. The van der Waals surface area contributed by atoms with E-state index in [0.29, 0.717) is 16.3 Å². The zero-order chi connectivity index (χ0) is 24.3. The largest absolute Gasteiger partial charge is 0.427 e. The third-order valence-corrected chi connectivity index (χ3v) is 7.74. The van der Waals surface area contributed by atoms with Gasteiger partial charge in [-0.25, -0.2) is 4.90 Å². The van der Waals surface area contributed by atoms with Crippen LogP contribution in [0.1, 0.15) is 33.8 Å². The lowest BCUT2D eigenvalue weighted by Crippen LogP contribution is -2.44. The summed E-state index contributed by atoms with van der Waals surface area (Å²) in [6.45, 7) is 1.30. The van der Waals surface area contributed by atoms with Gasteiger partial charge < -0.3 is 9.64 Å². The molecule has 4 atom stereocenters. The van der Waals surface area contributed by atoms with Gasteiger partial charge in [0.1, 0.15) is 11.8 Å². The van der Waals surface area contributed by atoms with Gasteiger partial charge in [-0.15, -0.1) is 11.3 Å². The van der Waals surface area contributed by atoms with Crippen LogP contribution in [0.4, 0.5) is 5.69 Å². The number of hydrogen-bond donors (Lipinski definition) is 0. The molecule has 0 bridgehead atoms. The molecule has 4 heterocycles. The Labute approximate surface area is 205 Å². The molecule has 0 saturated carbocycles. The van der Waals surface area contributed by atoms with Crippen molar-refractivity contribution >= 4 is 46.7 Å². The van der Waals surface area contributed by atoms with Crippen LogP contribution in [0.25, 0.3) is 6.08 Å². The maximum Gasteiger partial charge on any atom is 0.308 e. The summed E-state index contributed by atoms with van der Waals surface area (Å²) >= 11 is 1.33. The molecule has 174 valence electrons. The van der Waals surface area contributed by atoms with Crippen LogP contribution in [0.5, 0.6) is 5.75 Å². The molecule has 2 fully saturated rings. The fraction of sp³-hybridized carbons (Fsp3) is 0.185. The maximum atomic E-state index is 13.8. The Hall–Kier alpha value is -4.04. The van der Waals surface area contributed by atoms with Crippen molar-refractivity contribution in [1.82, 2.24) is 4.90 Å². The normalized spacial score (nSPS) is 24.3. The second kappa shape index (κ2) is 8.02. The topological polar surface area (TPSA) is 84.0 Å². The first-order valence-corrected chi connectivity index (χ1v) is 12.1. The highest BCUT2D eigenvalue weighted by Crippen LogP contribution is 2.53. The second-order valence-corrected chi connectivity index (χ2v) is 9.72. The van der Waals surface area contributed by atoms with Crippen LogP contribution in [0.3, 0.4) is 0 Å². The van der Waals surface area contributed by atoms with Gasteiger partial charge in [-0.2, -0.15) is 0 Å². The van der Waals surface area contributed by atoms with Crippen molar-refractivity contribution < 1.29 is 23.9 Å². The van der Waals surface area contributed by atoms with Crippen LogP contribution < -0.4 is 9.64 Å². The Morgan fingerprint density at radius 1 is 0.914 bits per heavy atom. The molecule has 2 aromatic carbocycles. The fourth-order valence-electron chi connectivity index (χ4n) is 5.51. The number of carbonyl (C=O) groups excluding carboxylic acids is 4. The Kier molecular flexibility index (Phi) is 4.93. The Bertz CT molecular complexity index is 1400. The van der Waals surface area contributed by atoms with Crippen molar-refractivity contribution in [3.8, 4) is 5.75 Å². The van der Waals surface area contributed by atoms with Crippen LogP contribution in [0, 0.1) is 11.8 Å². The summed E-state index contributed by atoms with van der Waals surface area (Å²) in [5.41, 5.74) is 2.29. The van der Waals surface area contributed by atoms with Gasteiger partial charge in [0, 0.05) is 13.1 Å². The number of fused-ring (bicyclic) bond motifs is 5. The quantitative estimate of drug-likeness (QED) is 0.240. The lowest BCUT2D eigenvalue weighted by Gasteiger charge is -2.35. The molecule has 0 N–H and O–H groups in total. The number of thiophene rings is 1. The van der Waals surface area contributed by atoms with Crippen LogP contribution in [-0.4, -0.2) is 34.5 Å². The highest BCUT2D eigenvalue weighted by atomic mass is 32.1. The number of ether oxygens (including phenoxy) is 1. The van der Waals surface area contributed by atoms with Crippen molar-refractivity contribution in [3.63, 3.8) is 0 Å². The van der Waals surface area contributed by atoms with Gasteiger partial charge in [0.05, 0.1) is 28.4 Å². The summed E-state index contributed by atoms with van der Waals surface area (Å²) in [5.74, 6) is -2.53. The number of ketones is 1. The summed E-state index contributed by atoms with van der Waals surface area (Å²) in [4.78, 5) is 56.2. The van der Waals surface area contributed by atoms with E-state index in [-0.39, 0.29) is 11.7 Å². The molecule has 0 unspecified atom stereocenters. The molecule has 8 heteroatoms. The number of amides is 2. The first kappa shape index (κ1) is 21.5. The fourth-order valence-corrected chi connectivity index (χ4v) is 6.20. The first-order valence-electron chi connectivity index (χ1n) is 11.2. The average molecular weight is 485 g/mol. The van der Waals surface area contributed by atoms with Gasteiger partial charge in [-0.1, -0.05) is 30.3 Å². The molecule has 3 aliphatic rings. The SMILES string of the molecule is CC(=O)Oc1ccc(N2C(=O)[C@@H]3[C@H](C2=O)[C@@H]2c4ccccc4C=CN2[C@@H]3C(=O)c2cccs2)cc1. The van der Waals surface area contributed by atoms with Crippen LogP contribution in [-0.2, 0) is 14.4 Å². The molecule has 35 heavy (non-hydrogen) atoms. The number of rotatable bonds is 4. The third kappa shape index (κ3) is 3.24. The number of imide groups is 1. The van der Waals surface area contributed by atoms with Gasteiger partial charge in [-0.05, 0) is 52.9 Å². The average Bonchev–Trinajstić information content (AvgIpc) is 3.56. The number of hydrogen-bond acceptors (Lipinski definition) is 7. The molecular weight excluding hydrogens is 464 g/mol. The molecule has 0 radical (unpaired) electrons. The number of nitrogens with zero attached hydrogens (tertiary/aromatic N) is 2. The minimum atomic E-state index is -0.814. The van der Waals surface area contributed by atoms with E-state index in [2.05, 4.69) is 0 Å². The van der Waals surface area contributed by atoms with Crippen molar-refractivity contribution in [1.29, 1.82) is 0 Å². The van der Waals surface area contributed by atoms with E-state index in [0.717, 1.165) is 11.1 Å². The number of Topliss-reactive ketones (excluding diaryl/α,β-unsaturated/α-hetero) is 1. The molecule has 3 aliphatic heterocycles. The maximum absolute atomic E-state index is 13.8. The number of benzene rings is 2. The zero-order valence-corrected chi connectivity index (χ0v) is 19.5. The van der Waals surface area contributed by atoms with E-state index in [4.69, 9.17) is 4.74 Å². The Morgan fingerprint density at radius 3 is 2.37 bits per heavy atom. The predicted octanol–water partition coefficient (Wildman–Crippen LogP) is 4.07. The van der Waals surface area contributed by atoms with Gasteiger partial charge in [0.25, 0.3) is 0 Å². The van der Waals surface area contributed by atoms with E-state index in [1.165, 1.54) is 23.2 Å². The van der Waals surface area contributed by atoms with Crippen molar-refractivity contribution in [3.05, 3.63) is 88.2 Å². The van der Waals surface area contributed by atoms with Crippen molar-refractivity contribution in [2.45, 2.75) is 19.0 Å². The molecule has 0 aliphatic carbocycles. The minimum Gasteiger partial charge on any atom is -0.427 e. The van der Waals surface area contributed by atoms with Gasteiger partial charge >= 0.3 is 5.97 Å². The molecule has 2 saturated heterocycles. The van der Waals surface area contributed by atoms with E-state index in [1.807, 2.05) is 52.9 Å². The summed E-state index contributed by atoms with van der Waals surface area (Å²) < 4.78 is 5.07. The van der Waals surface area contributed by atoms with Gasteiger partial charge in [0.2, 0.25) is 11.8 Å². The monoisotopic (exact) mass is 484 g/mol. The molecule has 2 amide bonds. The van der Waals surface area contributed by atoms with Crippen molar-refractivity contribution in [2.24, 2.45) is 11.8 Å². The number of anilines is 1. The third-order valence-electron chi connectivity index (χ3n) is 6.85. The molecule has 0 spiro atoms. The summed E-state index contributed by atoms with van der Waals surface area (Å²) in [5, 5.41) is 1.83. The van der Waals surface area contributed by atoms with Gasteiger partial charge in [-0.3, -0.25) is 19.2 Å². The van der Waals surface area contributed by atoms with E-state index in [1.54, 1.807) is 30.3 Å². The first-order chi connectivity index (χ1) is 17.0. The molecule has 3 aromatic rings. The number of carbonyl (C=O) groups is 4. The molecular formula is C27H20N2O5S. The lowest BCUT2D eigenvalue weighted by atomic mass is 9.84. The zero-order valence-electron chi connectivity index (χ0n) is 18.7. The smallest absolute Gasteiger partial charge is 0.308 e. The van der Waals surface area contributed by atoms with Crippen molar-refractivity contribution in [2.75, 3.05) is 4.90 Å². The predicted molar refractivity (Wildman–Crippen MR) is 130 cm³/mol. The lowest BCUT2D eigenvalue weighted by molar-refractivity contribution is -0.132.